The molecule has 2 rings (SSSR count). The van der Waals surface area contributed by atoms with Gasteiger partial charge in [0.1, 0.15) is 5.82 Å². The molecule has 1 aromatic rings. The number of rotatable bonds is 5. The van der Waals surface area contributed by atoms with Crippen molar-refractivity contribution in [2.75, 3.05) is 12.3 Å². The zero-order valence-electron chi connectivity index (χ0n) is 9.42. The van der Waals surface area contributed by atoms with E-state index < -0.39 is 0 Å². The summed E-state index contributed by atoms with van der Waals surface area (Å²) in [5, 5.41) is 0. The standard InChI is InChI=1S/C13H18FNO/c14-13-8-12(15)5-4-11(13)9-16-7-6-10-2-1-3-10/h4-5,8,10H,1-3,6-7,9,15H2. The van der Waals surface area contributed by atoms with Gasteiger partial charge in [0.05, 0.1) is 6.61 Å². The molecule has 1 aromatic carbocycles. The highest BCUT2D eigenvalue weighted by Crippen LogP contribution is 2.29. The van der Waals surface area contributed by atoms with Crippen LogP contribution in [0, 0.1) is 11.7 Å². The first-order valence-corrected chi connectivity index (χ1v) is 5.87. The monoisotopic (exact) mass is 223 g/mol. The Hall–Kier alpha value is -1.09. The van der Waals surface area contributed by atoms with E-state index in [1.807, 2.05) is 0 Å². The fourth-order valence-corrected chi connectivity index (χ4v) is 1.89. The van der Waals surface area contributed by atoms with Crippen LogP contribution in [-0.2, 0) is 11.3 Å². The number of ether oxygens (including phenoxy) is 1. The van der Waals surface area contributed by atoms with Crippen LogP contribution in [0.4, 0.5) is 10.1 Å². The molecule has 16 heavy (non-hydrogen) atoms. The first kappa shape index (κ1) is 11.4. The van der Waals surface area contributed by atoms with Crippen molar-refractivity contribution in [3.05, 3.63) is 29.6 Å². The molecule has 3 heteroatoms. The summed E-state index contributed by atoms with van der Waals surface area (Å²) < 4.78 is 18.8. The molecule has 0 amide bonds. The van der Waals surface area contributed by atoms with Crippen LogP contribution in [0.3, 0.4) is 0 Å². The Morgan fingerprint density at radius 1 is 1.38 bits per heavy atom. The van der Waals surface area contributed by atoms with E-state index in [1.165, 1.54) is 25.3 Å². The van der Waals surface area contributed by atoms with Crippen LogP contribution < -0.4 is 5.73 Å². The smallest absolute Gasteiger partial charge is 0.130 e. The number of nitrogens with two attached hydrogens (primary N) is 1. The fraction of sp³-hybridized carbons (Fsp3) is 0.538. The molecule has 2 nitrogen and oxygen atoms in total. The molecule has 0 atom stereocenters. The molecular weight excluding hydrogens is 205 g/mol. The van der Waals surface area contributed by atoms with Crippen LogP contribution >= 0.6 is 0 Å². The molecule has 1 aliphatic rings. The molecule has 0 radical (unpaired) electrons. The topological polar surface area (TPSA) is 35.2 Å². The fourth-order valence-electron chi connectivity index (χ4n) is 1.89. The summed E-state index contributed by atoms with van der Waals surface area (Å²) in [6.45, 7) is 1.08. The molecule has 1 saturated carbocycles. The molecule has 1 fully saturated rings. The highest BCUT2D eigenvalue weighted by molar-refractivity contribution is 5.40. The highest BCUT2D eigenvalue weighted by atomic mass is 19.1. The summed E-state index contributed by atoms with van der Waals surface area (Å²) in [6, 6.07) is 4.73. The molecule has 88 valence electrons. The summed E-state index contributed by atoms with van der Waals surface area (Å²) in [6.07, 6.45) is 5.13. The first-order chi connectivity index (χ1) is 7.75. The second-order valence-electron chi connectivity index (χ2n) is 4.49. The SMILES string of the molecule is Nc1ccc(COCCC2CCC2)c(F)c1. The molecule has 1 aliphatic carbocycles. The Kier molecular flexibility index (Phi) is 3.78. The third kappa shape index (κ3) is 2.95. The van der Waals surface area contributed by atoms with Gasteiger partial charge < -0.3 is 10.5 Å². The lowest BCUT2D eigenvalue weighted by molar-refractivity contribution is 0.0932. The number of anilines is 1. The lowest BCUT2D eigenvalue weighted by Crippen LogP contribution is -2.13. The normalized spacial score (nSPS) is 16.1. The molecule has 0 aliphatic heterocycles. The molecule has 0 aromatic heterocycles. The van der Waals surface area contributed by atoms with Crippen LogP contribution in [0.15, 0.2) is 18.2 Å². The minimum atomic E-state index is -0.274. The van der Waals surface area contributed by atoms with Crippen LogP contribution in [0.2, 0.25) is 0 Å². The molecule has 0 unspecified atom stereocenters. The van der Waals surface area contributed by atoms with Gasteiger partial charge in [-0.1, -0.05) is 25.3 Å². The quantitative estimate of drug-likeness (QED) is 0.615. The lowest BCUT2D eigenvalue weighted by Gasteiger charge is -2.24. The second kappa shape index (κ2) is 5.30. The van der Waals surface area contributed by atoms with Gasteiger partial charge in [0.15, 0.2) is 0 Å². The van der Waals surface area contributed by atoms with Crippen LogP contribution in [0.5, 0.6) is 0 Å². The van der Waals surface area contributed by atoms with E-state index in [-0.39, 0.29) is 5.82 Å². The zero-order valence-corrected chi connectivity index (χ0v) is 9.42. The maximum Gasteiger partial charge on any atom is 0.130 e. The summed E-state index contributed by atoms with van der Waals surface area (Å²) >= 11 is 0. The van der Waals surface area contributed by atoms with Crippen molar-refractivity contribution < 1.29 is 9.13 Å². The van der Waals surface area contributed by atoms with Crippen molar-refractivity contribution in [1.82, 2.24) is 0 Å². The minimum Gasteiger partial charge on any atom is -0.399 e. The van der Waals surface area contributed by atoms with Gasteiger partial charge in [-0.25, -0.2) is 4.39 Å². The molecule has 0 bridgehead atoms. The van der Waals surface area contributed by atoms with Gasteiger partial charge in [-0.2, -0.15) is 0 Å². The van der Waals surface area contributed by atoms with Crippen LogP contribution in [0.1, 0.15) is 31.2 Å². The summed E-state index contributed by atoms with van der Waals surface area (Å²) in [7, 11) is 0. The Morgan fingerprint density at radius 3 is 2.81 bits per heavy atom. The van der Waals surface area contributed by atoms with E-state index in [2.05, 4.69) is 0 Å². The van der Waals surface area contributed by atoms with Crippen LogP contribution in [0.25, 0.3) is 0 Å². The summed E-state index contributed by atoms with van der Waals surface area (Å²) in [5.41, 5.74) is 6.51. The van der Waals surface area contributed by atoms with E-state index in [4.69, 9.17) is 10.5 Å². The van der Waals surface area contributed by atoms with E-state index in [1.54, 1.807) is 12.1 Å². The molecule has 0 saturated heterocycles. The number of hydrogen-bond acceptors (Lipinski definition) is 2. The average molecular weight is 223 g/mol. The van der Waals surface area contributed by atoms with Gasteiger partial charge in [0.2, 0.25) is 0 Å². The summed E-state index contributed by atoms with van der Waals surface area (Å²) in [5.74, 6) is 0.569. The van der Waals surface area contributed by atoms with Gasteiger partial charge in [-0.3, -0.25) is 0 Å². The predicted molar refractivity (Wildman–Crippen MR) is 62.4 cm³/mol. The van der Waals surface area contributed by atoms with Gasteiger partial charge in [-0.05, 0) is 24.5 Å². The Bertz CT molecular complexity index is 350. The highest BCUT2D eigenvalue weighted by Gasteiger charge is 2.16. The molecule has 0 spiro atoms. The largest absolute Gasteiger partial charge is 0.399 e. The maximum atomic E-state index is 13.4. The number of benzene rings is 1. The van der Waals surface area contributed by atoms with Gasteiger partial charge in [0.25, 0.3) is 0 Å². The van der Waals surface area contributed by atoms with Crippen molar-refractivity contribution >= 4 is 5.69 Å². The van der Waals surface area contributed by atoms with Crippen molar-refractivity contribution in [2.45, 2.75) is 32.3 Å². The maximum absolute atomic E-state index is 13.4. The van der Waals surface area contributed by atoms with Crippen molar-refractivity contribution in [2.24, 2.45) is 5.92 Å². The van der Waals surface area contributed by atoms with Crippen molar-refractivity contribution in [3.8, 4) is 0 Å². The Balaban J connectivity index is 1.71. The van der Waals surface area contributed by atoms with E-state index >= 15 is 0 Å². The molecule has 0 heterocycles. The number of nitrogen functional groups attached to an aromatic ring is 1. The number of hydrogen-bond donors (Lipinski definition) is 1. The third-order valence-electron chi connectivity index (χ3n) is 3.23. The minimum absolute atomic E-state index is 0.274. The number of halogens is 1. The molecular formula is C13H18FNO. The average Bonchev–Trinajstić information content (AvgIpc) is 2.18. The van der Waals surface area contributed by atoms with Crippen molar-refractivity contribution in [1.29, 1.82) is 0 Å². The van der Waals surface area contributed by atoms with Gasteiger partial charge in [0, 0.05) is 17.9 Å². The summed E-state index contributed by atoms with van der Waals surface area (Å²) in [4.78, 5) is 0. The first-order valence-electron chi connectivity index (χ1n) is 5.87. The third-order valence-corrected chi connectivity index (χ3v) is 3.23. The van der Waals surface area contributed by atoms with Gasteiger partial charge >= 0.3 is 0 Å². The lowest BCUT2D eigenvalue weighted by atomic mass is 9.83. The predicted octanol–water partition coefficient (Wildman–Crippen LogP) is 3.11. The van der Waals surface area contributed by atoms with E-state index in [0.717, 1.165) is 18.9 Å². The van der Waals surface area contributed by atoms with Crippen molar-refractivity contribution in [3.63, 3.8) is 0 Å². The van der Waals surface area contributed by atoms with Gasteiger partial charge in [-0.15, -0.1) is 0 Å². The van der Waals surface area contributed by atoms with E-state index in [0.29, 0.717) is 17.9 Å². The zero-order chi connectivity index (χ0) is 11.4. The Labute approximate surface area is 95.6 Å². The van der Waals surface area contributed by atoms with E-state index in [9.17, 15) is 4.39 Å². The van der Waals surface area contributed by atoms with Crippen LogP contribution in [-0.4, -0.2) is 6.61 Å². The molecule has 2 N–H and O–H groups in total. The Morgan fingerprint density at radius 2 is 2.19 bits per heavy atom. The second-order valence-corrected chi connectivity index (χ2v) is 4.49.